The van der Waals surface area contributed by atoms with Crippen molar-refractivity contribution in [3.8, 4) is 0 Å². The molecule has 0 saturated heterocycles. The lowest BCUT2D eigenvalue weighted by Gasteiger charge is -2.22. The molecule has 1 fully saturated rings. The van der Waals surface area contributed by atoms with Crippen LogP contribution in [0.1, 0.15) is 41.4 Å². The van der Waals surface area contributed by atoms with Crippen molar-refractivity contribution in [2.45, 2.75) is 38.8 Å². The van der Waals surface area contributed by atoms with E-state index in [0.29, 0.717) is 24.1 Å². The third-order valence-electron chi connectivity index (χ3n) is 3.86. The van der Waals surface area contributed by atoms with Crippen LogP contribution in [0.25, 0.3) is 0 Å². The van der Waals surface area contributed by atoms with Gasteiger partial charge in [-0.1, -0.05) is 31.2 Å². The largest absolute Gasteiger partial charge is 0.382 e. The van der Waals surface area contributed by atoms with Gasteiger partial charge in [0.1, 0.15) is 11.5 Å². The van der Waals surface area contributed by atoms with E-state index in [1.807, 2.05) is 4.90 Å². The fourth-order valence-corrected chi connectivity index (χ4v) is 2.43. The van der Waals surface area contributed by atoms with E-state index in [4.69, 9.17) is 5.73 Å². The number of rotatable bonds is 5. The van der Waals surface area contributed by atoms with Crippen LogP contribution >= 0.6 is 0 Å². The van der Waals surface area contributed by atoms with Gasteiger partial charge < -0.3 is 10.6 Å². The summed E-state index contributed by atoms with van der Waals surface area (Å²) < 4.78 is 0. The molecule has 1 aromatic carbocycles. The molecule has 1 amide bonds. The molecule has 0 unspecified atom stereocenters. The standard InChI is InChI=1S/C16H20N4O/c1-2-11-3-5-12(6-4-11)10-20(13-7-8-13)16(21)14-9-15(17)19-18-14/h3-6,9,13H,2,7-8,10H2,1H3,(H3,17,18,19). The van der Waals surface area contributed by atoms with Gasteiger partial charge in [0.2, 0.25) is 0 Å². The Hall–Kier alpha value is -2.30. The first kappa shape index (κ1) is 13.7. The maximum atomic E-state index is 12.6. The van der Waals surface area contributed by atoms with Crippen molar-refractivity contribution >= 4 is 11.7 Å². The molecule has 1 aliphatic carbocycles. The molecule has 5 heteroatoms. The van der Waals surface area contributed by atoms with Crippen LogP contribution in [0.15, 0.2) is 30.3 Å². The molecule has 1 aliphatic rings. The lowest BCUT2D eigenvalue weighted by molar-refractivity contribution is 0.0724. The van der Waals surface area contributed by atoms with Gasteiger partial charge in [0.05, 0.1) is 0 Å². The predicted molar refractivity (Wildman–Crippen MR) is 81.7 cm³/mol. The summed E-state index contributed by atoms with van der Waals surface area (Å²) in [6, 6.07) is 10.4. The molecular weight excluding hydrogens is 264 g/mol. The van der Waals surface area contributed by atoms with Crippen LogP contribution < -0.4 is 5.73 Å². The lowest BCUT2D eigenvalue weighted by atomic mass is 10.1. The van der Waals surface area contributed by atoms with Gasteiger partial charge in [0.15, 0.2) is 0 Å². The third-order valence-corrected chi connectivity index (χ3v) is 3.86. The topological polar surface area (TPSA) is 75.0 Å². The minimum atomic E-state index is -0.0266. The van der Waals surface area contributed by atoms with Gasteiger partial charge in [0, 0.05) is 18.7 Å². The molecule has 0 bridgehead atoms. The van der Waals surface area contributed by atoms with E-state index in [2.05, 4.69) is 41.4 Å². The number of nitrogen functional groups attached to an aromatic ring is 1. The molecule has 0 atom stereocenters. The molecule has 3 N–H and O–H groups in total. The van der Waals surface area contributed by atoms with E-state index >= 15 is 0 Å². The molecule has 1 saturated carbocycles. The quantitative estimate of drug-likeness (QED) is 0.885. The molecular formula is C16H20N4O. The number of H-pyrrole nitrogens is 1. The minimum Gasteiger partial charge on any atom is -0.382 e. The lowest BCUT2D eigenvalue weighted by Crippen LogP contribution is -2.32. The number of hydrogen-bond acceptors (Lipinski definition) is 3. The number of benzene rings is 1. The number of amides is 1. The summed E-state index contributed by atoms with van der Waals surface area (Å²) in [5, 5.41) is 6.54. The van der Waals surface area contributed by atoms with Crippen LogP contribution in [-0.2, 0) is 13.0 Å². The minimum absolute atomic E-state index is 0.0266. The van der Waals surface area contributed by atoms with Gasteiger partial charge in [-0.2, -0.15) is 5.10 Å². The summed E-state index contributed by atoms with van der Waals surface area (Å²) in [7, 11) is 0. The molecule has 1 heterocycles. The highest BCUT2D eigenvalue weighted by atomic mass is 16.2. The van der Waals surface area contributed by atoms with Crippen LogP contribution in [0.4, 0.5) is 5.82 Å². The number of nitrogens with zero attached hydrogens (tertiary/aromatic N) is 2. The van der Waals surface area contributed by atoms with Crippen molar-refractivity contribution in [1.82, 2.24) is 15.1 Å². The SMILES string of the molecule is CCc1ccc(CN(C(=O)c2cc(N)n[nH]2)C2CC2)cc1. The second kappa shape index (κ2) is 5.60. The summed E-state index contributed by atoms with van der Waals surface area (Å²) in [6.45, 7) is 2.77. The molecule has 0 spiro atoms. The van der Waals surface area contributed by atoms with E-state index in [1.54, 1.807) is 6.07 Å². The van der Waals surface area contributed by atoms with Gasteiger partial charge in [0.25, 0.3) is 5.91 Å². The second-order valence-electron chi connectivity index (χ2n) is 5.54. The Morgan fingerprint density at radius 1 is 1.33 bits per heavy atom. The maximum absolute atomic E-state index is 12.6. The van der Waals surface area contributed by atoms with Gasteiger partial charge in [-0.05, 0) is 30.4 Å². The number of carbonyl (C=O) groups excluding carboxylic acids is 1. The third kappa shape index (κ3) is 3.07. The summed E-state index contributed by atoms with van der Waals surface area (Å²) in [5.41, 5.74) is 8.50. The zero-order valence-electron chi connectivity index (χ0n) is 12.2. The first-order valence-electron chi connectivity index (χ1n) is 7.37. The molecule has 1 aromatic heterocycles. The molecule has 5 nitrogen and oxygen atoms in total. The molecule has 3 rings (SSSR count). The Morgan fingerprint density at radius 3 is 2.52 bits per heavy atom. The van der Waals surface area contributed by atoms with Gasteiger partial charge in [-0.25, -0.2) is 0 Å². The smallest absolute Gasteiger partial charge is 0.272 e. The Morgan fingerprint density at radius 2 is 2.00 bits per heavy atom. The molecule has 21 heavy (non-hydrogen) atoms. The molecule has 0 radical (unpaired) electrons. The van der Waals surface area contributed by atoms with Crippen LogP contribution in [0.2, 0.25) is 0 Å². The fourth-order valence-electron chi connectivity index (χ4n) is 2.43. The van der Waals surface area contributed by atoms with Crippen LogP contribution in [0.5, 0.6) is 0 Å². The van der Waals surface area contributed by atoms with Crippen LogP contribution in [-0.4, -0.2) is 27.0 Å². The highest BCUT2D eigenvalue weighted by Crippen LogP contribution is 2.29. The highest BCUT2D eigenvalue weighted by Gasteiger charge is 2.33. The van der Waals surface area contributed by atoms with Gasteiger partial charge >= 0.3 is 0 Å². The average Bonchev–Trinajstić information content (AvgIpc) is 3.26. The summed E-state index contributed by atoms with van der Waals surface area (Å²) >= 11 is 0. The maximum Gasteiger partial charge on any atom is 0.272 e. The number of nitrogens with two attached hydrogens (primary N) is 1. The van der Waals surface area contributed by atoms with Crippen molar-refractivity contribution in [1.29, 1.82) is 0 Å². The Labute approximate surface area is 124 Å². The Kier molecular flexibility index (Phi) is 3.64. The number of nitrogens with one attached hydrogen (secondary N) is 1. The fraction of sp³-hybridized carbons (Fsp3) is 0.375. The Bertz CT molecular complexity index is 628. The van der Waals surface area contributed by atoms with Gasteiger partial charge in [-0.3, -0.25) is 9.89 Å². The van der Waals surface area contributed by atoms with E-state index in [-0.39, 0.29) is 5.91 Å². The normalized spacial score (nSPS) is 14.1. The average molecular weight is 284 g/mol. The van der Waals surface area contributed by atoms with Crippen molar-refractivity contribution in [3.05, 3.63) is 47.2 Å². The number of aryl methyl sites for hydroxylation is 1. The van der Waals surface area contributed by atoms with E-state index < -0.39 is 0 Å². The molecule has 0 aliphatic heterocycles. The zero-order chi connectivity index (χ0) is 14.8. The number of aromatic amines is 1. The highest BCUT2D eigenvalue weighted by molar-refractivity contribution is 5.93. The predicted octanol–water partition coefficient (Wildman–Crippen LogP) is 2.36. The molecule has 2 aromatic rings. The first-order chi connectivity index (χ1) is 10.2. The summed E-state index contributed by atoms with van der Waals surface area (Å²) in [6.07, 6.45) is 3.17. The second-order valence-corrected chi connectivity index (χ2v) is 5.54. The number of hydrogen-bond donors (Lipinski definition) is 2. The van der Waals surface area contributed by atoms with E-state index in [9.17, 15) is 4.79 Å². The van der Waals surface area contributed by atoms with E-state index in [1.165, 1.54) is 5.56 Å². The number of anilines is 1. The number of aromatic nitrogens is 2. The van der Waals surface area contributed by atoms with Crippen molar-refractivity contribution in [3.63, 3.8) is 0 Å². The number of carbonyl (C=O) groups is 1. The Balaban J connectivity index is 1.76. The van der Waals surface area contributed by atoms with E-state index in [0.717, 1.165) is 24.8 Å². The summed E-state index contributed by atoms with van der Waals surface area (Å²) in [4.78, 5) is 14.5. The summed E-state index contributed by atoms with van der Waals surface area (Å²) in [5.74, 6) is 0.322. The monoisotopic (exact) mass is 284 g/mol. The first-order valence-corrected chi connectivity index (χ1v) is 7.37. The van der Waals surface area contributed by atoms with Crippen molar-refractivity contribution < 1.29 is 4.79 Å². The van der Waals surface area contributed by atoms with Crippen molar-refractivity contribution in [2.75, 3.05) is 5.73 Å². The van der Waals surface area contributed by atoms with Gasteiger partial charge in [-0.15, -0.1) is 0 Å². The zero-order valence-corrected chi connectivity index (χ0v) is 12.2. The van der Waals surface area contributed by atoms with Crippen LogP contribution in [0.3, 0.4) is 0 Å². The van der Waals surface area contributed by atoms with Crippen molar-refractivity contribution in [2.24, 2.45) is 0 Å². The van der Waals surface area contributed by atoms with Crippen LogP contribution in [0, 0.1) is 0 Å². The molecule has 110 valence electrons.